The van der Waals surface area contributed by atoms with Crippen molar-refractivity contribution in [2.24, 2.45) is 5.92 Å². The Morgan fingerprint density at radius 1 is 1.28 bits per heavy atom. The van der Waals surface area contributed by atoms with Crippen LogP contribution in [0.25, 0.3) is 0 Å². The van der Waals surface area contributed by atoms with Crippen molar-refractivity contribution in [3.8, 4) is 5.75 Å². The van der Waals surface area contributed by atoms with Gasteiger partial charge in [-0.25, -0.2) is 9.18 Å². The Bertz CT molecular complexity index is 913. The van der Waals surface area contributed by atoms with Gasteiger partial charge in [-0.1, -0.05) is 13.0 Å². The van der Waals surface area contributed by atoms with Crippen molar-refractivity contribution in [1.82, 2.24) is 15.1 Å². The lowest BCUT2D eigenvalue weighted by Crippen LogP contribution is -2.49. The number of imide groups is 1. The lowest BCUT2D eigenvalue weighted by atomic mass is 9.77. The molecule has 1 saturated heterocycles. The van der Waals surface area contributed by atoms with Crippen LogP contribution in [0.15, 0.2) is 18.2 Å². The number of methoxy groups -OCH3 is 1. The first-order chi connectivity index (χ1) is 15.1. The Morgan fingerprint density at radius 3 is 2.59 bits per heavy atom. The number of urea groups is 1. The first-order valence-corrected chi connectivity index (χ1v) is 10.5. The zero-order valence-corrected chi connectivity index (χ0v) is 18.5. The summed E-state index contributed by atoms with van der Waals surface area (Å²) in [4.78, 5) is 51.6. The fraction of sp³-hybridized carbons (Fsp3) is 0.545. The molecule has 32 heavy (non-hydrogen) atoms. The molecular weight excluding hydrogens is 421 g/mol. The monoisotopic (exact) mass is 449 g/mol. The van der Waals surface area contributed by atoms with Crippen LogP contribution in [0, 0.1) is 11.7 Å². The molecular formula is C22H28FN3O6. The van der Waals surface area contributed by atoms with E-state index in [9.17, 15) is 23.6 Å². The zero-order valence-electron chi connectivity index (χ0n) is 18.5. The van der Waals surface area contributed by atoms with Crippen LogP contribution in [0.5, 0.6) is 5.75 Å². The average molecular weight is 449 g/mol. The smallest absolute Gasteiger partial charge is 0.326 e. The Labute approximate surface area is 185 Å². The maximum atomic E-state index is 13.8. The van der Waals surface area contributed by atoms with Gasteiger partial charge >= 0.3 is 12.0 Å². The number of nitrogens with zero attached hydrogens (tertiary/aromatic N) is 2. The summed E-state index contributed by atoms with van der Waals surface area (Å²) in [6, 6.07) is 3.72. The van der Waals surface area contributed by atoms with Crippen molar-refractivity contribution in [2.45, 2.75) is 44.7 Å². The fourth-order valence-corrected chi connectivity index (χ4v) is 4.01. The SMILES string of the molecule is COc1ccc(CN(C)C(=O)COC(=O)CN2C(=O)NC3(CCC(C)CC3)C2=O)cc1F. The molecule has 0 atom stereocenters. The summed E-state index contributed by atoms with van der Waals surface area (Å²) >= 11 is 0. The van der Waals surface area contributed by atoms with Crippen molar-refractivity contribution < 1.29 is 33.0 Å². The molecule has 0 unspecified atom stereocenters. The van der Waals surface area contributed by atoms with Crippen LogP contribution in [0.2, 0.25) is 0 Å². The van der Waals surface area contributed by atoms with Crippen LogP contribution >= 0.6 is 0 Å². The second-order valence-electron chi connectivity index (χ2n) is 8.47. The van der Waals surface area contributed by atoms with Gasteiger partial charge in [0.25, 0.3) is 11.8 Å². The predicted octanol–water partition coefficient (Wildman–Crippen LogP) is 1.84. The van der Waals surface area contributed by atoms with Gasteiger partial charge in [-0.2, -0.15) is 0 Å². The molecule has 10 heteroatoms. The number of nitrogens with one attached hydrogen (secondary N) is 1. The molecule has 0 radical (unpaired) electrons. The first kappa shape index (κ1) is 23.5. The maximum absolute atomic E-state index is 13.8. The standard InChI is InChI=1S/C22H28FN3O6/c1-14-6-8-22(9-7-14)20(29)26(21(30)24-22)12-19(28)32-13-18(27)25(2)11-15-4-5-17(31-3)16(23)10-15/h4-5,10,14H,6-9,11-13H2,1-3H3,(H,24,30). The lowest BCUT2D eigenvalue weighted by Gasteiger charge is -2.33. The van der Waals surface area contributed by atoms with Gasteiger partial charge in [-0.15, -0.1) is 0 Å². The highest BCUT2D eigenvalue weighted by molar-refractivity contribution is 6.08. The molecule has 2 fully saturated rings. The summed E-state index contributed by atoms with van der Waals surface area (Å²) in [6.45, 7) is 1.09. The molecule has 2 aliphatic rings. The number of carbonyl (C=O) groups excluding carboxylic acids is 4. The first-order valence-electron chi connectivity index (χ1n) is 10.5. The van der Waals surface area contributed by atoms with Crippen LogP contribution < -0.4 is 10.1 Å². The number of esters is 1. The highest BCUT2D eigenvalue weighted by Crippen LogP contribution is 2.36. The zero-order chi connectivity index (χ0) is 23.5. The van der Waals surface area contributed by atoms with E-state index in [1.165, 1.54) is 31.2 Å². The van der Waals surface area contributed by atoms with Crippen LogP contribution in [0.1, 0.15) is 38.2 Å². The van der Waals surface area contributed by atoms with E-state index in [1.54, 1.807) is 6.07 Å². The minimum Gasteiger partial charge on any atom is -0.494 e. The summed E-state index contributed by atoms with van der Waals surface area (Å²) in [5.74, 6) is -1.74. The summed E-state index contributed by atoms with van der Waals surface area (Å²) in [5.41, 5.74) is -0.398. The van der Waals surface area contributed by atoms with Crippen molar-refractivity contribution in [3.63, 3.8) is 0 Å². The molecule has 1 aliphatic carbocycles. The van der Waals surface area contributed by atoms with Gasteiger partial charge in [-0.3, -0.25) is 19.3 Å². The number of ether oxygens (including phenoxy) is 2. The van der Waals surface area contributed by atoms with Crippen molar-refractivity contribution >= 4 is 23.8 Å². The molecule has 1 saturated carbocycles. The lowest BCUT2D eigenvalue weighted by molar-refractivity contribution is -0.153. The van der Waals surface area contributed by atoms with Crippen LogP contribution in [0.4, 0.5) is 9.18 Å². The number of likely N-dealkylation sites (N-methyl/N-ethyl adjacent to an activating group) is 1. The third-order valence-corrected chi connectivity index (χ3v) is 6.08. The molecule has 0 aromatic heterocycles. The Morgan fingerprint density at radius 2 is 1.97 bits per heavy atom. The second kappa shape index (κ2) is 9.54. The molecule has 1 aliphatic heterocycles. The molecule has 0 bridgehead atoms. The largest absolute Gasteiger partial charge is 0.494 e. The molecule has 1 aromatic rings. The average Bonchev–Trinajstić information content (AvgIpc) is 2.98. The minimum absolute atomic E-state index is 0.0988. The summed E-state index contributed by atoms with van der Waals surface area (Å²) < 4.78 is 23.6. The van der Waals surface area contributed by atoms with Crippen LogP contribution in [-0.2, 0) is 25.7 Å². The topological polar surface area (TPSA) is 105 Å². The van der Waals surface area contributed by atoms with Gasteiger partial charge < -0.3 is 19.7 Å². The third-order valence-electron chi connectivity index (χ3n) is 6.08. The molecule has 9 nitrogen and oxygen atoms in total. The summed E-state index contributed by atoms with van der Waals surface area (Å²) in [6.07, 6.45) is 2.73. The summed E-state index contributed by atoms with van der Waals surface area (Å²) in [7, 11) is 2.85. The molecule has 1 N–H and O–H groups in total. The Kier molecular flexibility index (Phi) is 7.00. The molecule has 1 aromatic carbocycles. The van der Waals surface area contributed by atoms with E-state index in [0.29, 0.717) is 24.3 Å². The van der Waals surface area contributed by atoms with Gasteiger partial charge in [-0.05, 0) is 49.3 Å². The number of carbonyl (C=O) groups is 4. The van der Waals surface area contributed by atoms with E-state index >= 15 is 0 Å². The number of amides is 4. The number of hydrogen-bond acceptors (Lipinski definition) is 6. The van der Waals surface area contributed by atoms with E-state index in [1.807, 2.05) is 0 Å². The van der Waals surface area contributed by atoms with E-state index < -0.39 is 48.3 Å². The van der Waals surface area contributed by atoms with E-state index in [0.717, 1.165) is 17.7 Å². The number of benzene rings is 1. The molecule has 3 rings (SSSR count). The molecule has 174 valence electrons. The van der Waals surface area contributed by atoms with Crippen LogP contribution in [-0.4, -0.2) is 66.5 Å². The Balaban J connectivity index is 1.49. The molecule has 4 amide bonds. The quantitative estimate of drug-likeness (QED) is 0.503. The van der Waals surface area contributed by atoms with Gasteiger partial charge in [0.05, 0.1) is 7.11 Å². The van der Waals surface area contributed by atoms with Crippen LogP contribution in [0.3, 0.4) is 0 Å². The van der Waals surface area contributed by atoms with Crippen molar-refractivity contribution in [2.75, 3.05) is 27.3 Å². The Hall–Kier alpha value is -3.17. The van der Waals surface area contributed by atoms with E-state index in [-0.39, 0.29) is 12.3 Å². The highest BCUT2D eigenvalue weighted by atomic mass is 19.1. The number of halogens is 1. The maximum Gasteiger partial charge on any atom is 0.326 e. The normalized spacial score (nSPS) is 22.6. The highest BCUT2D eigenvalue weighted by Gasteiger charge is 2.52. The molecule has 1 spiro atoms. The van der Waals surface area contributed by atoms with E-state index in [4.69, 9.17) is 9.47 Å². The van der Waals surface area contributed by atoms with Gasteiger partial charge in [0, 0.05) is 13.6 Å². The van der Waals surface area contributed by atoms with Crippen molar-refractivity contribution in [1.29, 1.82) is 0 Å². The number of hydrogen-bond donors (Lipinski definition) is 1. The predicted molar refractivity (Wildman–Crippen MR) is 111 cm³/mol. The van der Waals surface area contributed by atoms with E-state index in [2.05, 4.69) is 12.2 Å². The van der Waals surface area contributed by atoms with Crippen molar-refractivity contribution in [3.05, 3.63) is 29.6 Å². The fourth-order valence-electron chi connectivity index (χ4n) is 4.01. The minimum atomic E-state index is -0.937. The van der Waals surface area contributed by atoms with Gasteiger partial charge in [0.2, 0.25) is 0 Å². The third kappa shape index (κ3) is 5.00. The second-order valence-corrected chi connectivity index (χ2v) is 8.47. The number of rotatable bonds is 7. The summed E-state index contributed by atoms with van der Waals surface area (Å²) in [5, 5.41) is 2.73. The van der Waals surface area contributed by atoms with Gasteiger partial charge in [0.1, 0.15) is 12.1 Å². The molecule has 1 heterocycles. The van der Waals surface area contributed by atoms with Gasteiger partial charge in [0.15, 0.2) is 18.2 Å².